The molecule has 2 saturated carbocycles. The first-order valence-corrected chi connectivity index (χ1v) is 10.2. The lowest BCUT2D eigenvalue weighted by Crippen LogP contribution is -2.45. The number of benzene rings is 1. The Morgan fingerprint density at radius 1 is 1.12 bits per heavy atom. The number of aryl methyl sites for hydroxylation is 1. The van der Waals surface area contributed by atoms with Gasteiger partial charge in [0.25, 0.3) is 0 Å². The van der Waals surface area contributed by atoms with Crippen LogP contribution in [0.4, 0.5) is 0 Å². The van der Waals surface area contributed by atoms with E-state index < -0.39 is 11.0 Å². The zero-order valence-electron chi connectivity index (χ0n) is 16.0. The third kappa shape index (κ3) is 2.92. The van der Waals surface area contributed by atoms with Crippen LogP contribution in [0.3, 0.4) is 0 Å². The molecule has 2 nitrogen and oxygen atoms in total. The van der Waals surface area contributed by atoms with Crippen LogP contribution in [0.2, 0.25) is 0 Å². The van der Waals surface area contributed by atoms with Crippen LogP contribution in [0, 0.1) is 23.2 Å². The van der Waals surface area contributed by atoms with Gasteiger partial charge < -0.3 is 4.74 Å². The van der Waals surface area contributed by atoms with E-state index in [0.29, 0.717) is 5.92 Å². The summed E-state index contributed by atoms with van der Waals surface area (Å²) in [4.78, 5) is 13.0. The SMILES string of the molecule is CC(C)(C)C(=O)OC1(C2CC3CCC2C3)CCCCc2ccccc21. The van der Waals surface area contributed by atoms with Gasteiger partial charge in [-0.15, -0.1) is 0 Å². The standard InChI is InChI=1S/C23H32O2/c1-22(2,3)21(24)25-23(20-15-16-11-12-18(20)14-16)13-7-6-9-17-8-4-5-10-19(17)23/h4-5,8,10,16,18,20H,6-7,9,11-15H2,1-3H3. The van der Waals surface area contributed by atoms with Gasteiger partial charge in [0.15, 0.2) is 0 Å². The summed E-state index contributed by atoms with van der Waals surface area (Å²) in [5, 5.41) is 0. The lowest BCUT2D eigenvalue weighted by molar-refractivity contribution is -0.182. The molecule has 1 aromatic carbocycles. The molecule has 25 heavy (non-hydrogen) atoms. The molecule has 0 radical (unpaired) electrons. The van der Waals surface area contributed by atoms with Crippen LogP contribution >= 0.6 is 0 Å². The minimum Gasteiger partial charge on any atom is -0.453 e. The number of esters is 1. The highest BCUT2D eigenvalue weighted by Crippen LogP contribution is 2.58. The molecule has 0 heterocycles. The summed E-state index contributed by atoms with van der Waals surface area (Å²) in [6.07, 6.45) is 9.77. The highest BCUT2D eigenvalue weighted by Gasteiger charge is 2.55. The van der Waals surface area contributed by atoms with E-state index in [1.54, 1.807) is 0 Å². The molecule has 2 bridgehead atoms. The fourth-order valence-electron chi connectivity index (χ4n) is 5.69. The summed E-state index contributed by atoms with van der Waals surface area (Å²) in [5.41, 5.74) is 1.88. The van der Waals surface area contributed by atoms with Gasteiger partial charge in [0.1, 0.15) is 5.60 Å². The lowest BCUT2D eigenvalue weighted by atomic mass is 9.70. The number of fused-ring (bicyclic) bond motifs is 3. The number of ether oxygens (including phenoxy) is 1. The Balaban J connectivity index is 1.80. The van der Waals surface area contributed by atoms with E-state index in [1.165, 1.54) is 43.2 Å². The van der Waals surface area contributed by atoms with Gasteiger partial charge in [-0.2, -0.15) is 0 Å². The first kappa shape index (κ1) is 17.1. The molecular weight excluding hydrogens is 308 g/mol. The van der Waals surface area contributed by atoms with Crippen molar-refractivity contribution < 1.29 is 9.53 Å². The molecule has 1 aromatic rings. The smallest absolute Gasteiger partial charge is 0.312 e. The Morgan fingerprint density at radius 3 is 2.60 bits per heavy atom. The predicted octanol–water partition coefficient (Wildman–Crippen LogP) is 5.63. The second-order valence-electron chi connectivity index (χ2n) is 9.67. The lowest BCUT2D eigenvalue weighted by Gasteiger charge is -2.44. The highest BCUT2D eigenvalue weighted by atomic mass is 16.6. The van der Waals surface area contributed by atoms with E-state index in [1.807, 2.05) is 20.8 Å². The molecule has 4 unspecified atom stereocenters. The monoisotopic (exact) mass is 340 g/mol. The van der Waals surface area contributed by atoms with Gasteiger partial charge in [0, 0.05) is 5.92 Å². The van der Waals surface area contributed by atoms with Gasteiger partial charge in [-0.25, -0.2) is 0 Å². The third-order valence-electron chi connectivity index (χ3n) is 6.94. The zero-order valence-corrected chi connectivity index (χ0v) is 16.0. The molecule has 0 amide bonds. The highest BCUT2D eigenvalue weighted by molar-refractivity contribution is 5.76. The summed E-state index contributed by atoms with van der Waals surface area (Å²) < 4.78 is 6.55. The van der Waals surface area contributed by atoms with Gasteiger partial charge in [0.2, 0.25) is 0 Å². The van der Waals surface area contributed by atoms with Crippen LogP contribution in [-0.4, -0.2) is 5.97 Å². The Kier molecular flexibility index (Phi) is 4.21. The summed E-state index contributed by atoms with van der Waals surface area (Å²) in [6.45, 7) is 5.94. The minimum atomic E-state index is -0.453. The van der Waals surface area contributed by atoms with E-state index in [-0.39, 0.29) is 5.97 Å². The summed E-state index contributed by atoms with van der Waals surface area (Å²) >= 11 is 0. The fourth-order valence-corrected chi connectivity index (χ4v) is 5.69. The normalized spacial score (nSPS) is 34.4. The van der Waals surface area contributed by atoms with E-state index in [2.05, 4.69) is 24.3 Å². The molecule has 0 N–H and O–H groups in total. The van der Waals surface area contributed by atoms with Crippen LogP contribution in [0.5, 0.6) is 0 Å². The second kappa shape index (κ2) is 6.14. The van der Waals surface area contributed by atoms with Gasteiger partial charge in [-0.05, 0) is 88.7 Å². The van der Waals surface area contributed by atoms with Crippen LogP contribution < -0.4 is 0 Å². The summed E-state index contributed by atoms with van der Waals surface area (Å²) in [5.74, 6) is 2.07. The quantitative estimate of drug-likeness (QED) is 0.515. The number of rotatable bonds is 2. The maximum Gasteiger partial charge on any atom is 0.312 e. The number of hydrogen-bond acceptors (Lipinski definition) is 2. The predicted molar refractivity (Wildman–Crippen MR) is 100 cm³/mol. The average molecular weight is 341 g/mol. The Bertz CT molecular complexity index is 656. The van der Waals surface area contributed by atoms with Gasteiger partial charge in [0.05, 0.1) is 5.41 Å². The fraction of sp³-hybridized carbons (Fsp3) is 0.696. The number of hydrogen-bond donors (Lipinski definition) is 0. The van der Waals surface area contributed by atoms with Gasteiger partial charge >= 0.3 is 5.97 Å². The molecule has 0 aromatic heterocycles. The largest absolute Gasteiger partial charge is 0.453 e. The van der Waals surface area contributed by atoms with Crippen molar-refractivity contribution >= 4 is 5.97 Å². The van der Waals surface area contributed by atoms with Crippen LogP contribution in [0.1, 0.15) is 76.8 Å². The van der Waals surface area contributed by atoms with Crippen molar-refractivity contribution in [3.05, 3.63) is 35.4 Å². The Labute approximate surface area is 152 Å². The van der Waals surface area contributed by atoms with E-state index in [9.17, 15) is 4.79 Å². The maximum absolute atomic E-state index is 13.0. The van der Waals surface area contributed by atoms with Crippen molar-refractivity contribution in [2.24, 2.45) is 23.2 Å². The third-order valence-corrected chi connectivity index (χ3v) is 6.94. The average Bonchev–Trinajstić information content (AvgIpc) is 3.16. The first-order valence-electron chi connectivity index (χ1n) is 10.2. The van der Waals surface area contributed by atoms with Crippen molar-refractivity contribution in [2.45, 2.75) is 77.7 Å². The molecule has 0 saturated heterocycles. The Hall–Kier alpha value is -1.31. The molecule has 0 spiro atoms. The Morgan fingerprint density at radius 2 is 1.92 bits per heavy atom. The zero-order chi connectivity index (χ0) is 17.7. The van der Waals surface area contributed by atoms with Crippen molar-refractivity contribution in [1.29, 1.82) is 0 Å². The van der Waals surface area contributed by atoms with E-state index >= 15 is 0 Å². The maximum atomic E-state index is 13.0. The summed E-state index contributed by atoms with van der Waals surface area (Å²) in [7, 11) is 0. The van der Waals surface area contributed by atoms with Gasteiger partial charge in [-0.3, -0.25) is 4.79 Å². The topological polar surface area (TPSA) is 26.3 Å². The van der Waals surface area contributed by atoms with Crippen molar-refractivity contribution in [2.75, 3.05) is 0 Å². The molecule has 4 atom stereocenters. The summed E-state index contributed by atoms with van der Waals surface area (Å²) in [6, 6.07) is 8.79. The molecule has 2 fully saturated rings. The molecule has 0 aliphatic heterocycles. The van der Waals surface area contributed by atoms with Crippen molar-refractivity contribution in [3.8, 4) is 0 Å². The molecule has 4 rings (SSSR count). The van der Waals surface area contributed by atoms with Crippen molar-refractivity contribution in [3.63, 3.8) is 0 Å². The second-order valence-corrected chi connectivity index (χ2v) is 9.67. The van der Waals surface area contributed by atoms with Crippen LogP contribution in [-0.2, 0) is 21.6 Å². The molecule has 136 valence electrons. The van der Waals surface area contributed by atoms with Gasteiger partial charge in [-0.1, -0.05) is 30.7 Å². The van der Waals surface area contributed by atoms with Crippen molar-refractivity contribution in [1.82, 2.24) is 0 Å². The van der Waals surface area contributed by atoms with E-state index in [4.69, 9.17) is 4.74 Å². The number of carbonyl (C=O) groups is 1. The number of carbonyl (C=O) groups excluding carboxylic acids is 1. The van der Waals surface area contributed by atoms with E-state index in [0.717, 1.165) is 31.1 Å². The molecular formula is C23H32O2. The van der Waals surface area contributed by atoms with Crippen LogP contribution in [0.15, 0.2) is 24.3 Å². The molecule has 3 aliphatic rings. The molecule has 3 aliphatic carbocycles. The van der Waals surface area contributed by atoms with Crippen LogP contribution in [0.25, 0.3) is 0 Å². The molecule has 2 heteroatoms. The minimum absolute atomic E-state index is 0.0352. The first-order chi connectivity index (χ1) is 11.9.